The fourth-order valence-electron chi connectivity index (χ4n) is 2.27. The van der Waals surface area contributed by atoms with Crippen molar-refractivity contribution in [2.75, 3.05) is 19.1 Å². The number of methoxy groups -OCH3 is 1. The van der Waals surface area contributed by atoms with Gasteiger partial charge < -0.3 is 9.64 Å². The molecule has 0 amide bonds. The van der Waals surface area contributed by atoms with Crippen LogP contribution in [-0.4, -0.2) is 35.5 Å². The lowest BCUT2D eigenvalue weighted by molar-refractivity contribution is 0.393. The van der Waals surface area contributed by atoms with E-state index in [-0.39, 0.29) is 5.38 Å². The van der Waals surface area contributed by atoms with Gasteiger partial charge in [0, 0.05) is 25.4 Å². The molecule has 0 saturated heterocycles. The topological polar surface area (TPSA) is 38.2 Å². The zero-order valence-electron chi connectivity index (χ0n) is 10.3. The number of hydrogen-bond donors (Lipinski definition) is 0. The van der Waals surface area contributed by atoms with Gasteiger partial charge in [0.2, 0.25) is 11.8 Å². The number of hydrogen-bond acceptors (Lipinski definition) is 4. The number of anilines is 1. The SMILES string of the molecule is COc1ccnc(N(C)C2CCCCC2Cl)n1. The third-order valence-electron chi connectivity index (χ3n) is 3.29. The van der Waals surface area contributed by atoms with Crippen LogP contribution in [0.1, 0.15) is 25.7 Å². The molecular formula is C12H18ClN3O. The molecule has 1 heterocycles. The van der Waals surface area contributed by atoms with Gasteiger partial charge in [0.15, 0.2) is 0 Å². The summed E-state index contributed by atoms with van der Waals surface area (Å²) in [6.07, 6.45) is 6.33. The van der Waals surface area contributed by atoms with Gasteiger partial charge in [0.05, 0.1) is 12.5 Å². The summed E-state index contributed by atoms with van der Waals surface area (Å²) in [5.41, 5.74) is 0. The highest BCUT2D eigenvalue weighted by atomic mass is 35.5. The normalized spacial score (nSPS) is 24.4. The third-order valence-corrected chi connectivity index (χ3v) is 3.80. The van der Waals surface area contributed by atoms with E-state index in [0.29, 0.717) is 17.9 Å². The predicted molar refractivity (Wildman–Crippen MR) is 68.9 cm³/mol. The summed E-state index contributed by atoms with van der Waals surface area (Å²) in [5, 5.41) is 0.184. The van der Waals surface area contributed by atoms with E-state index in [1.807, 2.05) is 7.05 Å². The summed E-state index contributed by atoms with van der Waals surface area (Å²) < 4.78 is 5.11. The predicted octanol–water partition coefficient (Wildman–Crippen LogP) is 2.47. The van der Waals surface area contributed by atoms with Crippen molar-refractivity contribution in [3.8, 4) is 5.88 Å². The van der Waals surface area contributed by atoms with Crippen LogP contribution in [0.15, 0.2) is 12.3 Å². The Hall–Kier alpha value is -1.03. The molecule has 0 aromatic carbocycles. The molecule has 1 fully saturated rings. The minimum absolute atomic E-state index is 0.184. The van der Waals surface area contributed by atoms with Crippen LogP contribution < -0.4 is 9.64 Å². The maximum Gasteiger partial charge on any atom is 0.228 e. The Morgan fingerprint density at radius 2 is 2.18 bits per heavy atom. The Kier molecular flexibility index (Phi) is 4.05. The van der Waals surface area contributed by atoms with Crippen molar-refractivity contribution in [1.82, 2.24) is 9.97 Å². The van der Waals surface area contributed by atoms with Crippen LogP contribution >= 0.6 is 11.6 Å². The smallest absolute Gasteiger partial charge is 0.228 e. The van der Waals surface area contributed by atoms with Crippen molar-refractivity contribution >= 4 is 17.5 Å². The molecule has 94 valence electrons. The van der Waals surface area contributed by atoms with Gasteiger partial charge in [0.1, 0.15) is 0 Å². The van der Waals surface area contributed by atoms with E-state index in [0.717, 1.165) is 12.8 Å². The van der Waals surface area contributed by atoms with E-state index in [4.69, 9.17) is 16.3 Å². The van der Waals surface area contributed by atoms with Crippen LogP contribution in [0.2, 0.25) is 0 Å². The molecule has 0 spiro atoms. The highest BCUT2D eigenvalue weighted by molar-refractivity contribution is 6.21. The van der Waals surface area contributed by atoms with E-state index in [1.54, 1.807) is 19.4 Å². The Labute approximate surface area is 107 Å². The second-order valence-corrected chi connectivity index (χ2v) is 4.94. The van der Waals surface area contributed by atoms with E-state index < -0.39 is 0 Å². The summed E-state index contributed by atoms with van der Waals surface area (Å²) in [4.78, 5) is 10.7. The maximum atomic E-state index is 6.37. The van der Waals surface area contributed by atoms with Crippen molar-refractivity contribution < 1.29 is 4.74 Å². The van der Waals surface area contributed by atoms with Gasteiger partial charge in [-0.25, -0.2) is 4.98 Å². The van der Waals surface area contributed by atoms with Gasteiger partial charge >= 0.3 is 0 Å². The molecule has 1 aromatic heterocycles. The molecule has 1 saturated carbocycles. The number of ether oxygens (including phenoxy) is 1. The lowest BCUT2D eigenvalue weighted by atomic mass is 9.94. The molecule has 2 unspecified atom stereocenters. The second-order valence-electron chi connectivity index (χ2n) is 4.38. The molecule has 1 aliphatic carbocycles. The molecule has 4 nitrogen and oxygen atoms in total. The first-order valence-electron chi connectivity index (χ1n) is 5.96. The minimum atomic E-state index is 0.184. The lowest BCUT2D eigenvalue weighted by Crippen LogP contribution is -2.41. The van der Waals surface area contributed by atoms with Gasteiger partial charge in [-0.15, -0.1) is 11.6 Å². The average molecular weight is 256 g/mol. The zero-order chi connectivity index (χ0) is 12.3. The van der Waals surface area contributed by atoms with Crippen LogP contribution in [0.3, 0.4) is 0 Å². The van der Waals surface area contributed by atoms with Gasteiger partial charge in [-0.3, -0.25) is 0 Å². The number of aromatic nitrogens is 2. The highest BCUT2D eigenvalue weighted by Gasteiger charge is 2.28. The summed E-state index contributed by atoms with van der Waals surface area (Å²) in [7, 11) is 3.61. The summed E-state index contributed by atoms with van der Waals surface area (Å²) in [6, 6.07) is 2.06. The number of alkyl halides is 1. The number of rotatable bonds is 3. The van der Waals surface area contributed by atoms with Crippen LogP contribution in [0.5, 0.6) is 5.88 Å². The van der Waals surface area contributed by atoms with Crippen molar-refractivity contribution in [3.63, 3.8) is 0 Å². The first kappa shape index (κ1) is 12.4. The molecule has 0 N–H and O–H groups in total. The standard InChI is InChI=1S/C12H18ClN3O/c1-16(10-6-4-3-5-9(10)13)12-14-8-7-11(15-12)17-2/h7-10H,3-6H2,1-2H3. The first-order chi connectivity index (χ1) is 8.22. The Bertz CT molecular complexity index is 375. The Morgan fingerprint density at radius 3 is 2.88 bits per heavy atom. The molecule has 1 aromatic rings. The van der Waals surface area contributed by atoms with Crippen LogP contribution in [-0.2, 0) is 0 Å². The van der Waals surface area contributed by atoms with E-state index in [1.165, 1.54) is 12.8 Å². The number of nitrogens with zero attached hydrogens (tertiary/aromatic N) is 3. The molecule has 2 rings (SSSR count). The molecule has 0 aliphatic heterocycles. The van der Waals surface area contributed by atoms with Gasteiger partial charge in [0.25, 0.3) is 0 Å². The van der Waals surface area contributed by atoms with E-state index in [2.05, 4.69) is 14.9 Å². The van der Waals surface area contributed by atoms with Crippen LogP contribution in [0, 0.1) is 0 Å². The molecule has 17 heavy (non-hydrogen) atoms. The zero-order valence-corrected chi connectivity index (χ0v) is 11.0. The fourth-order valence-corrected chi connectivity index (χ4v) is 2.72. The Balaban J connectivity index is 2.14. The monoisotopic (exact) mass is 255 g/mol. The van der Waals surface area contributed by atoms with Crippen molar-refractivity contribution in [2.24, 2.45) is 0 Å². The lowest BCUT2D eigenvalue weighted by Gasteiger charge is -2.34. The quantitative estimate of drug-likeness (QED) is 0.778. The van der Waals surface area contributed by atoms with Crippen LogP contribution in [0.4, 0.5) is 5.95 Å². The number of halogens is 1. The third kappa shape index (κ3) is 2.80. The van der Waals surface area contributed by atoms with E-state index in [9.17, 15) is 0 Å². The molecule has 0 radical (unpaired) electrons. The van der Waals surface area contributed by atoms with E-state index >= 15 is 0 Å². The fraction of sp³-hybridized carbons (Fsp3) is 0.667. The van der Waals surface area contributed by atoms with Gasteiger partial charge in [-0.2, -0.15) is 4.98 Å². The largest absolute Gasteiger partial charge is 0.481 e. The average Bonchev–Trinajstić information content (AvgIpc) is 2.38. The van der Waals surface area contributed by atoms with Crippen molar-refractivity contribution in [3.05, 3.63) is 12.3 Å². The molecule has 1 aliphatic rings. The second kappa shape index (κ2) is 5.54. The molecule has 0 bridgehead atoms. The van der Waals surface area contributed by atoms with Crippen molar-refractivity contribution in [1.29, 1.82) is 0 Å². The molecular weight excluding hydrogens is 238 g/mol. The Morgan fingerprint density at radius 1 is 1.41 bits per heavy atom. The molecule has 5 heteroatoms. The highest BCUT2D eigenvalue weighted by Crippen LogP contribution is 2.28. The summed E-state index contributed by atoms with van der Waals surface area (Å²) in [5.74, 6) is 1.27. The summed E-state index contributed by atoms with van der Waals surface area (Å²) >= 11 is 6.37. The van der Waals surface area contributed by atoms with Gasteiger partial charge in [-0.1, -0.05) is 12.8 Å². The maximum absolute atomic E-state index is 6.37. The first-order valence-corrected chi connectivity index (χ1v) is 6.40. The van der Waals surface area contributed by atoms with Gasteiger partial charge in [-0.05, 0) is 12.8 Å². The van der Waals surface area contributed by atoms with Crippen LogP contribution in [0.25, 0.3) is 0 Å². The molecule has 2 atom stereocenters. The van der Waals surface area contributed by atoms with Crippen molar-refractivity contribution in [2.45, 2.75) is 37.1 Å². The minimum Gasteiger partial charge on any atom is -0.481 e. The summed E-state index contributed by atoms with van der Waals surface area (Å²) in [6.45, 7) is 0.